The average Bonchev–Trinajstić information content (AvgIpc) is 3.11. The first-order valence-corrected chi connectivity index (χ1v) is 9.60. The highest BCUT2D eigenvalue weighted by molar-refractivity contribution is 5.92. The van der Waals surface area contributed by atoms with E-state index in [4.69, 9.17) is 9.47 Å². The highest BCUT2D eigenvalue weighted by atomic mass is 16.5. The maximum absolute atomic E-state index is 12.8. The zero-order valence-corrected chi connectivity index (χ0v) is 16.9. The molecule has 0 spiro atoms. The second kappa shape index (κ2) is 8.78. The van der Waals surface area contributed by atoms with Crippen molar-refractivity contribution in [1.82, 2.24) is 14.7 Å². The van der Waals surface area contributed by atoms with E-state index in [2.05, 4.69) is 11.2 Å². The largest absolute Gasteiger partial charge is 0.493 e. The standard InChI is InChI=1S/C22H27N3O3/c1-5-24(6-2)22(26)18-15-17-10-8-7-9-11-19(25(17)23-18)16-12-13-20(27-3)21(14-16)28-4/h7,9,11-15H,5-6,8,10H2,1-4H3/b9-7-,19-11-. The Morgan fingerprint density at radius 2 is 1.89 bits per heavy atom. The molecule has 0 saturated heterocycles. The van der Waals surface area contributed by atoms with Crippen molar-refractivity contribution >= 4 is 11.6 Å². The van der Waals surface area contributed by atoms with Gasteiger partial charge in [0, 0.05) is 24.3 Å². The third kappa shape index (κ3) is 3.81. The Bertz CT molecular complexity index is 908. The van der Waals surface area contributed by atoms with Crippen LogP contribution in [0.3, 0.4) is 0 Å². The minimum absolute atomic E-state index is 0.0381. The SMILES string of the molecule is CCN(CC)C(=O)c1cc2n(n1)/C(c1ccc(OC)c(OC)c1)=C\C=C/CC2. The molecule has 0 bridgehead atoms. The molecular formula is C22H27N3O3. The van der Waals surface area contributed by atoms with E-state index in [0.717, 1.165) is 29.8 Å². The molecule has 1 aromatic heterocycles. The fourth-order valence-electron chi connectivity index (χ4n) is 3.36. The number of aromatic nitrogens is 2. The van der Waals surface area contributed by atoms with Gasteiger partial charge in [0.05, 0.1) is 19.9 Å². The lowest BCUT2D eigenvalue weighted by Gasteiger charge is -2.17. The molecule has 6 nitrogen and oxygen atoms in total. The van der Waals surface area contributed by atoms with E-state index in [1.165, 1.54) is 0 Å². The molecule has 28 heavy (non-hydrogen) atoms. The van der Waals surface area contributed by atoms with E-state index in [1.807, 2.05) is 54.9 Å². The predicted octanol–water partition coefficient (Wildman–Crippen LogP) is 3.77. The van der Waals surface area contributed by atoms with Gasteiger partial charge in [-0.1, -0.05) is 12.2 Å². The monoisotopic (exact) mass is 381 g/mol. The molecule has 2 aromatic rings. The number of aryl methyl sites for hydroxylation is 1. The fraction of sp³-hybridized carbons (Fsp3) is 0.364. The van der Waals surface area contributed by atoms with Gasteiger partial charge >= 0.3 is 0 Å². The number of amides is 1. The number of benzene rings is 1. The fourth-order valence-corrected chi connectivity index (χ4v) is 3.36. The van der Waals surface area contributed by atoms with Gasteiger partial charge in [-0.15, -0.1) is 0 Å². The second-order valence-electron chi connectivity index (χ2n) is 6.50. The lowest BCUT2D eigenvalue weighted by Crippen LogP contribution is -2.30. The summed E-state index contributed by atoms with van der Waals surface area (Å²) in [6, 6.07) is 7.69. The van der Waals surface area contributed by atoms with Crippen LogP contribution in [0.25, 0.3) is 5.70 Å². The van der Waals surface area contributed by atoms with Crippen molar-refractivity contribution in [2.24, 2.45) is 0 Å². The molecule has 3 rings (SSSR count). The minimum atomic E-state index is -0.0381. The van der Waals surface area contributed by atoms with E-state index in [0.29, 0.717) is 30.3 Å². The Hall–Kier alpha value is -3.02. The molecule has 1 aromatic carbocycles. The van der Waals surface area contributed by atoms with Crippen LogP contribution in [0.5, 0.6) is 11.5 Å². The molecule has 1 aliphatic heterocycles. The quantitative estimate of drug-likeness (QED) is 0.764. The molecule has 0 radical (unpaired) electrons. The van der Waals surface area contributed by atoms with Crippen LogP contribution in [0.1, 0.15) is 42.0 Å². The van der Waals surface area contributed by atoms with Crippen LogP contribution in [-0.4, -0.2) is 47.9 Å². The van der Waals surface area contributed by atoms with Crippen LogP contribution in [0.4, 0.5) is 0 Å². The van der Waals surface area contributed by atoms with Gasteiger partial charge in [0.25, 0.3) is 5.91 Å². The van der Waals surface area contributed by atoms with E-state index >= 15 is 0 Å². The van der Waals surface area contributed by atoms with Crippen LogP contribution in [0.2, 0.25) is 0 Å². The number of allylic oxidation sites excluding steroid dienone is 3. The van der Waals surface area contributed by atoms with Crippen LogP contribution >= 0.6 is 0 Å². The Kier molecular flexibility index (Phi) is 6.19. The predicted molar refractivity (Wildman–Crippen MR) is 110 cm³/mol. The van der Waals surface area contributed by atoms with Crippen molar-refractivity contribution in [3.8, 4) is 11.5 Å². The van der Waals surface area contributed by atoms with Crippen LogP contribution in [0.15, 0.2) is 42.5 Å². The number of hydrogen-bond donors (Lipinski definition) is 0. The summed E-state index contributed by atoms with van der Waals surface area (Å²) in [6.45, 7) is 5.29. The van der Waals surface area contributed by atoms with Crippen molar-refractivity contribution < 1.29 is 14.3 Å². The molecule has 0 atom stereocenters. The minimum Gasteiger partial charge on any atom is -0.493 e. The third-order valence-corrected chi connectivity index (χ3v) is 4.92. The number of rotatable bonds is 6. The van der Waals surface area contributed by atoms with Gasteiger partial charge in [0.1, 0.15) is 0 Å². The zero-order valence-electron chi connectivity index (χ0n) is 16.9. The molecule has 0 saturated carbocycles. The van der Waals surface area contributed by atoms with E-state index in [9.17, 15) is 4.79 Å². The normalized spacial score (nSPS) is 16.2. The Morgan fingerprint density at radius 3 is 2.57 bits per heavy atom. The maximum atomic E-state index is 12.8. The van der Waals surface area contributed by atoms with E-state index < -0.39 is 0 Å². The highest BCUT2D eigenvalue weighted by Gasteiger charge is 2.21. The van der Waals surface area contributed by atoms with Crippen LogP contribution in [0, 0.1) is 0 Å². The number of carbonyl (C=O) groups is 1. The number of methoxy groups -OCH3 is 2. The number of nitrogens with zero attached hydrogens (tertiary/aromatic N) is 3. The lowest BCUT2D eigenvalue weighted by atomic mass is 10.1. The van der Waals surface area contributed by atoms with Crippen LogP contribution in [-0.2, 0) is 6.42 Å². The number of hydrogen-bond acceptors (Lipinski definition) is 4. The van der Waals surface area contributed by atoms with Gasteiger partial charge in [0.2, 0.25) is 0 Å². The van der Waals surface area contributed by atoms with Crippen molar-refractivity contribution in [2.45, 2.75) is 26.7 Å². The first kappa shape index (κ1) is 19.7. The van der Waals surface area contributed by atoms with Crippen molar-refractivity contribution in [1.29, 1.82) is 0 Å². The second-order valence-corrected chi connectivity index (χ2v) is 6.50. The Morgan fingerprint density at radius 1 is 1.14 bits per heavy atom. The van der Waals surface area contributed by atoms with E-state index in [1.54, 1.807) is 19.1 Å². The Labute approximate surface area is 166 Å². The topological polar surface area (TPSA) is 56.6 Å². The summed E-state index contributed by atoms with van der Waals surface area (Å²) < 4.78 is 12.7. The molecule has 0 unspecified atom stereocenters. The summed E-state index contributed by atoms with van der Waals surface area (Å²) >= 11 is 0. The van der Waals surface area contributed by atoms with Gasteiger partial charge in [-0.2, -0.15) is 5.10 Å². The van der Waals surface area contributed by atoms with Crippen molar-refractivity contribution in [2.75, 3.05) is 27.3 Å². The molecule has 2 heterocycles. The molecule has 0 aliphatic carbocycles. The summed E-state index contributed by atoms with van der Waals surface area (Å²) in [5, 5.41) is 4.68. The van der Waals surface area contributed by atoms with Gasteiger partial charge < -0.3 is 14.4 Å². The summed E-state index contributed by atoms with van der Waals surface area (Å²) in [5.74, 6) is 1.29. The number of ether oxygens (including phenoxy) is 2. The summed E-state index contributed by atoms with van der Waals surface area (Å²) in [7, 11) is 3.24. The molecule has 6 heteroatoms. The van der Waals surface area contributed by atoms with E-state index in [-0.39, 0.29) is 5.91 Å². The molecule has 0 fully saturated rings. The summed E-state index contributed by atoms with van der Waals surface area (Å²) in [4.78, 5) is 14.6. The molecule has 0 N–H and O–H groups in total. The summed E-state index contributed by atoms with van der Waals surface area (Å²) in [5.41, 5.74) is 3.33. The van der Waals surface area contributed by atoms with Gasteiger partial charge in [-0.05, 0) is 57.0 Å². The molecule has 1 amide bonds. The molecule has 1 aliphatic rings. The maximum Gasteiger partial charge on any atom is 0.274 e. The van der Waals surface area contributed by atoms with Gasteiger partial charge in [-0.25, -0.2) is 4.68 Å². The zero-order chi connectivity index (χ0) is 20.1. The third-order valence-electron chi connectivity index (χ3n) is 4.92. The summed E-state index contributed by atoms with van der Waals surface area (Å²) in [6.07, 6.45) is 7.90. The average molecular weight is 381 g/mol. The highest BCUT2D eigenvalue weighted by Crippen LogP contribution is 2.32. The molecular weight excluding hydrogens is 354 g/mol. The first-order chi connectivity index (χ1) is 13.6. The van der Waals surface area contributed by atoms with Crippen molar-refractivity contribution in [3.63, 3.8) is 0 Å². The Balaban J connectivity index is 2.07. The lowest BCUT2D eigenvalue weighted by molar-refractivity contribution is 0.0766. The van der Waals surface area contributed by atoms with Crippen LogP contribution < -0.4 is 9.47 Å². The number of carbonyl (C=O) groups excluding carboxylic acids is 1. The number of fused-ring (bicyclic) bond motifs is 1. The van der Waals surface area contributed by atoms with Crippen molar-refractivity contribution in [3.05, 3.63) is 59.4 Å². The van der Waals surface area contributed by atoms with Gasteiger partial charge in [-0.3, -0.25) is 4.79 Å². The van der Waals surface area contributed by atoms with Gasteiger partial charge in [0.15, 0.2) is 17.2 Å². The first-order valence-electron chi connectivity index (χ1n) is 9.60. The smallest absolute Gasteiger partial charge is 0.274 e. The molecule has 148 valence electrons.